The Morgan fingerprint density at radius 1 is 0.867 bits per heavy atom. The molecule has 1 aliphatic carbocycles. The third kappa shape index (κ3) is 14.4. The molecule has 0 amide bonds. The predicted octanol–water partition coefficient (Wildman–Crippen LogP) is 10.9. The van der Waals surface area contributed by atoms with Gasteiger partial charge in [0.05, 0.1) is 19.3 Å². The highest BCUT2D eigenvalue weighted by molar-refractivity contribution is 8.03. The van der Waals surface area contributed by atoms with E-state index in [0.717, 1.165) is 54.9 Å². The van der Waals surface area contributed by atoms with Gasteiger partial charge in [-0.3, -0.25) is 9.59 Å². The van der Waals surface area contributed by atoms with Crippen molar-refractivity contribution in [3.63, 3.8) is 0 Å². The molecule has 45 heavy (non-hydrogen) atoms. The number of ether oxygens (including phenoxy) is 2. The van der Waals surface area contributed by atoms with Crippen molar-refractivity contribution in [1.29, 1.82) is 0 Å². The van der Waals surface area contributed by atoms with E-state index >= 15 is 0 Å². The zero-order valence-electron chi connectivity index (χ0n) is 31.2. The van der Waals surface area contributed by atoms with E-state index in [4.69, 9.17) is 18.3 Å². The minimum absolute atomic E-state index is 0.000288. The molecule has 0 bridgehead atoms. The molecule has 0 radical (unpaired) electrons. The van der Waals surface area contributed by atoms with Crippen molar-refractivity contribution in [2.24, 2.45) is 5.92 Å². The Labute approximate surface area is 283 Å². The molecule has 0 aromatic carbocycles. The molecule has 0 aliphatic heterocycles. The summed E-state index contributed by atoms with van der Waals surface area (Å²) in [6.07, 6.45) is 14.0. The van der Waals surface area contributed by atoms with Gasteiger partial charge in [0.1, 0.15) is 5.76 Å². The number of esters is 2. The number of unbranched alkanes of at least 4 members (excludes halogenated alkanes) is 4. The van der Waals surface area contributed by atoms with E-state index < -0.39 is 16.6 Å². The minimum atomic E-state index is -2.11. The van der Waals surface area contributed by atoms with E-state index in [-0.39, 0.29) is 40.1 Å². The molecule has 1 aliphatic rings. The highest BCUT2D eigenvalue weighted by atomic mass is 32.2. The number of carbonyl (C=O) groups is 2. The Balaban J connectivity index is 3.46. The molecule has 0 aromatic heterocycles. The molecule has 262 valence electrons. The number of methoxy groups -OCH3 is 1. The van der Waals surface area contributed by atoms with Crippen molar-refractivity contribution in [2.75, 3.05) is 12.9 Å². The van der Waals surface area contributed by atoms with Gasteiger partial charge in [0.25, 0.3) is 0 Å². The first-order chi connectivity index (χ1) is 20.8. The molecule has 3 atom stereocenters. The zero-order chi connectivity index (χ0) is 34.5. The van der Waals surface area contributed by atoms with Crippen LogP contribution in [0.5, 0.6) is 0 Å². The second-order valence-corrected chi connectivity index (χ2v) is 26.3. The van der Waals surface area contributed by atoms with Crippen LogP contribution in [0.25, 0.3) is 0 Å². The second-order valence-electron chi connectivity index (χ2n) is 15.7. The summed E-state index contributed by atoms with van der Waals surface area (Å²) in [4.78, 5) is 25.5. The van der Waals surface area contributed by atoms with Crippen molar-refractivity contribution in [3.8, 4) is 0 Å². The first-order valence-electron chi connectivity index (χ1n) is 17.5. The van der Waals surface area contributed by atoms with Crippen LogP contribution in [0.2, 0.25) is 36.3 Å². The van der Waals surface area contributed by atoms with Gasteiger partial charge in [-0.05, 0) is 67.7 Å². The average molecular weight is 685 g/mol. The highest BCUT2D eigenvalue weighted by Crippen LogP contribution is 2.47. The number of thioether (sulfide) groups is 1. The zero-order valence-corrected chi connectivity index (χ0v) is 34.0. The SMILES string of the molecule is CCCCC[C@@H](/C=C/[C@@H]1C(SCCCCCC(=O)OC)=C(OC(=O)CCC)C[C@H]1O[Si](C)(C)C(C)(C)C)O[Si](C)(C)C(C)(C)C. The Hall–Kier alpha value is -0.876. The maximum Gasteiger partial charge on any atom is 0.310 e. The fourth-order valence-electron chi connectivity index (χ4n) is 4.73. The third-order valence-corrected chi connectivity index (χ3v) is 20.0. The lowest BCUT2D eigenvalue weighted by Gasteiger charge is -2.40. The first kappa shape index (κ1) is 42.1. The smallest absolute Gasteiger partial charge is 0.310 e. The van der Waals surface area contributed by atoms with Gasteiger partial charge < -0.3 is 18.3 Å². The largest absolute Gasteiger partial charge is 0.469 e. The lowest BCUT2D eigenvalue weighted by Crippen LogP contribution is -2.45. The van der Waals surface area contributed by atoms with E-state index in [1.165, 1.54) is 20.0 Å². The molecule has 9 heteroatoms. The van der Waals surface area contributed by atoms with Crippen LogP contribution < -0.4 is 0 Å². The molecule has 0 N–H and O–H groups in total. The normalized spacial score (nSPS) is 19.0. The van der Waals surface area contributed by atoms with Gasteiger partial charge in [0.2, 0.25) is 0 Å². The first-order valence-corrected chi connectivity index (χ1v) is 24.3. The molecular weight excluding hydrogens is 617 g/mol. The topological polar surface area (TPSA) is 71.1 Å². The van der Waals surface area contributed by atoms with Crippen LogP contribution in [-0.2, 0) is 27.9 Å². The molecule has 6 nitrogen and oxygen atoms in total. The van der Waals surface area contributed by atoms with Gasteiger partial charge in [-0.15, -0.1) is 11.8 Å². The van der Waals surface area contributed by atoms with Crippen LogP contribution in [0, 0.1) is 5.92 Å². The molecule has 0 saturated heterocycles. The minimum Gasteiger partial charge on any atom is -0.469 e. The number of hydrogen-bond acceptors (Lipinski definition) is 7. The van der Waals surface area contributed by atoms with Crippen LogP contribution >= 0.6 is 11.8 Å². The average Bonchev–Trinajstić information content (AvgIpc) is 3.21. The van der Waals surface area contributed by atoms with Crippen molar-refractivity contribution in [3.05, 3.63) is 22.8 Å². The quantitative estimate of drug-likeness (QED) is 0.0547. The van der Waals surface area contributed by atoms with Crippen LogP contribution in [-0.4, -0.2) is 53.6 Å². The summed E-state index contributed by atoms with van der Waals surface area (Å²) in [6.45, 7) is 27.2. The molecule has 0 heterocycles. The van der Waals surface area contributed by atoms with Gasteiger partial charge in [-0.25, -0.2) is 0 Å². The highest BCUT2D eigenvalue weighted by Gasteiger charge is 2.45. The Morgan fingerprint density at radius 2 is 1.51 bits per heavy atom. The lowest BCUT2D eigenvalue weighted by atomic mass is 10.0. The fourth-order valence-corrected chi connectivity index (χ4v) is 8.65. The summed E-state index contributed by atoms with van der Waals surface area (Å²) in [5.41, 5.74) is 0. The van der Waals surface area contributed by atoms with Crippen LogP contribution in [0.15, 0.2) is 22.8 Å². The Kier molecular flexibility index (Phi) is 18.0. The Bertz CT molecular complexity index is 977. The summed E-state index contributed by atoms with van der Waals surface area (Å²) in [7, 11) is -2.66. The molecule has 0 saturated carbocycles. The monoisotopic (exact) mass is 684 g/mol. The van der Waals surface area contributed by atoms with Crippen molar-refractivity contribution in [2.45, 2.75) is 174 Å². The van der Waals surface area contributed by atoms with Crippen molar-refractivity contribution >= 4 is 40.3 Å². The van der Waals surface area contributed by atoms with Gasteiger partial charge >= 0.3 is 11.9 Å². The van der Waals surface area contributed by atoms with Crippen molar-refractivity contribution in [1.82, 2.24) is 0 Å². The van der Waals surface area contributed by atoms with E-state index in [0.29, 0.717) is 19.3 Å². The molecular formula is C36H68O6SSi2. The number of hydrogen-bond donors (Lipinski definition) is 0. The van der Waals surface area contributed by atoms with E-state index in [2.05, 4.69) is 86.8 Å². The summed E-state index contributed by atoms with van der Waals surface area (Å²) in [5, 5.41) is 0.185. The van der Waals surface area contributed by atoms with Crippen molar-refractivity contribution < 1.29 is 27.9 Å². The van der Waals surface area contributed by atoms with Gasteiger partial charge in [0.15, 0.2) is 16.6 Å². The summed E-state index contributed by atoms with van der Waals surface area (Å²) >= 11 is 1.79. The van der Waals surface area contributed by atoms with Crippen LogP contribution in [0.4, 0.5) is 0 Å². The van der Waals surface area contributed by atoms with E-state index in [1.54, 1.807) is 11.8 Å². The fraction of sp³-hybridized carbons (Fsp3) is 0.833. The molecule has 0 spiro atoms. The maximum absolute atomic E-state index is 12.8. The third-order valence-electron chi connectivity index (χ3n) is 9.70. The number of carbonyl (C=O) groups excluding carboxylic acids is 2. The van der Waals surface area contributed by atoms with Gasteiger partial charge in [0, 0.05) is 30.1 Å². The van der Waals surface area contributed by atoms with Crippen LogP contribution in [0.1, 0.15) is 126 Å². The van der Waals surface area contributed by atoms with E-state index in [9.17, 15) is 9.59 Å². The second kappa shape index (κ2) is 19.2. The number of rotatable bonds is 20. The van der Waals surface area contributed by atoms with Crippen LogP contribution in [0.3, 0.4) is 0 Å². The maximum atomic E-state index is 12.8. The molecule has 0 aromatic rings. The predicted molar refractivity (Wildman–Crippen MR) is 196 cm³/mol. The lowest BCUT2D eigenvalue weighted by molar-refractivity contribution is -0.141. The molecule has 0 unspecified atom stereocenters. The Morgan fingerprint density at radius 3 is 2.07 bits per heavy atom. The summed E-state index contributed by atoms with van der Waals surface area (Å²) < 4.78 is 25.0. The summed E-state index contributed by atoms with van der Waals surface area (Å²) in [6, 6.07) is 0. The van der Waals surface area contributed by atoms with Gasteiger partial charge in [-0.2, -0.15) is 0 Å². The summed E-state index contributed by atoms with van der Waals surface area (Å²) in [5.74, 6) is 1.34. The van der Waals surface area contributed by atoms with E-state index in [1.807, 2.05) is 6.92 Å². The standard InChI is InChI=1S/C36H68O6SSi2/c1-14-16-18-22-28(41-44(10,11)35(3,4)5)24-25-29-30(42-45(12,13)36(6,7)8)27-31(40-33(38)21-15-2)34(29)43-26-20-17-19-23-32(37)39-9/h24-25,28-30H,14-23,26-27H2,1-13H3/b25-24+/t28-,29-,30+/m0/s1. The molecule has 1 rings (SSSR count). The molecule has 0 fully saturated rings. The van der Waals surface area contributed by atoms with Gasteiger partial charge in [-0.1, -0.05) is 93.2 Å².